The molecule has 0 saturated carbocycles. The monoisotopic (exact) mass is 526 g/mol. The van der Waals surface area contributed by atoms with Crippen molar-refractivity contribution in [1.82, 2.24) is 5.32 Å². The zero-order chi connectivity index (χ0) is 21.1. The van der Waals surface area contributed by atoms with E-state index in [-0.39, 0.29) is 29.9 Å². The van der Waals surface area contributed by atoms with E-state index in [0.29, 0.717) is 30.4 Å². The van der Waals surface area contributed by atoms with Crippen molar-refractivity contribution < 1.29 is 14.3 Å². The van der Waals surface area contributed by atoms with Gasteiger partial charge in [0, 0.05) is 30.4 Å². The molecule has 2 aromatic carbocycles. The molecule has 0 spiro atoms. The number of methoxy groups -OCH3 is 2. The molecule has 30 heavy (non-hydrogen) atoms. The van der Waals surface area contributed by atoms with Crippen LogP contribution in [0.3, 0.4) is 0 Å². The van der Waals surface area contributed by atoms with Crippen LogP contribution < -0.4 is 25.4 Å². The third-order valence-corrected chi connectivity index (χ3v) is 4.13. The zero-order valence-corrected chi connectivity index (χ0v) is 20.3. The first-order valence-electron chi connectivity index (χ1n) is 9.75. The normalized spacial score (nSPS) is 10.6. The van der Waals surface area contributed by atoms with Crippen molar-refractivity contribution in [1.29, 1.82) is 0 Å². The number of hydrogen-bond acceptors (Lipinski definition) is 4. The highest BCUT2D eigenvalue weighted by Crippen LogP contribution is 2.29. The minimum atomic E-state index is 0. The number of carbonyl (C=O) groups excluding carboxylic acids is 1. The average Bonchev–Trinajstić information content (AvgIpc) is 2.73. The fourth-order valence-electron chi connectivity index (χ4n) is 2.67. The summed E-state index contributed by atoms with van der Waals surface area (Å²) in [5, 5.41) is 9.39. The van der Waals surface area contributed by atoms with Crippen LogP contribution in [0.5, 0.6) is 11.5 Å². The van der Waals surface area contributed by atoms with Gasteiger partial charge in [-0.2, -0.15) is 0 Å². The first kappa shape index (κ1) is 25.5. The van der Waals surface area contributed by atoms with Gasteiger partial charge in [0.05, 0.1) is 20.8 Å². The lowest BCUT2D eigenvalue weighted by atomic mass is 10.2. The van der Waals surface area contributed by atoms with Gasteiger partial charge in [-0.15, -0.1) is 24.0 Å². The number of amides is 1. The van der Waals surface area contributed by atoms with Gasteiger partial charge < -0.3 is 25.4 Å². The molecule has 0 heterocycles. The summed E-state index contributed by atoms with van der Waals surface area (Å²) >= 11 is 0. The number of benzene rings is 2. The van der Waals surface area contributed by atoms with Gasteiger partial charge in [0.15, 0.2) is 17.5 Å². The van der Waals surface area contributed by atoms with E-state index in [1.165, 1.54) is 0 Å². The third kappa shape index (κ3) is 8.10. The molecule has 2 rings (SSSR count). The first-order chi connectivity index (χ1) is 14.1. The van der Waals surface area contributed by atoms with Crippen molar-refractivity contribution >= 4 is 47.2 Å². The molecular formula is C22H31IN4O3. The number of ether oxygens (including phenoxy) is 2. The molecule has 3 N–H and O–H groups in total. The second-order valence-corrected chi connectivity index (χ2v) is 6.39. The molecule has 0 fully saturated rings. The summed E-state index contributed by atoms with van der Waals surface area (Å²) in [5.74, 6) is 2.02. The molecule has 2 aromatic rings. The average molecular weight is 526 g/mol. The Morgan fingerprint density at radius 3 is 2.20 bits per heavy atom. The van der Waals surface area contributed by atoms with E-state index in [0.717, 1.165) is 29.9 Å². The molecule has 0 aliphatic carbocycles. The number of nitrogens with zero attached hydrogens (tertiary/aromatic N) is 1. The van der Waals surface area contributed by atoms with Gasteiger partial charge in [-0.3, -0.25) is 4.79 Å². The van der Waals surface area contributed by atoms with Crippen molar-refractivity contribution in [3.63, 3.8) is 0 Å². The van der Waals surface area contributed by atoms with Gasteiger partial charge in [0.2, 0.25) is 5.91 Å². The maximum Gasteiger partial charge on any atom is 0.224 e. The minimum Gasteiger partial charge on any atom is -0.493 e. The third-order valence-electron chi connectivity index (χ3n) is 4.13. The zero-order valence-electron chi connectivity index (χ0n) is 18.0. The van der Waals surface area contributed by atoms with Gasteiger partial charge in [0.25, 0.3) is 0 Å². The molecule has 0 unspecified atom stereocenters. The molecule has 1 amide bonds. The molecule has 0 aliphatic heterocycles. The molecule has 0 aromatic heterocycles. The fraction of sp³-hybridized carbons (Fsp3) is 0.364. The fourth-order valence-corrected chi connectivity index (χ4v) is 2.67. The van der Waals surface area contributed by atoms with Gasteiger partial charge >= 0.3 is 0 Å². The predicted molar refractivity (Wildman–Crippen MR) is 133 cm³/mol. The van der Waals surface area contributed by atoms with Gasteiger partial charge in [-0.05, 0) is 43.2 Å². The Morgan fingerprint density at radius 2 is 1.60 bits per heavy atom. The van der Waals surface area contributed by atoms with Crippen LogP contribution in [0.4, 0.5) is 11.4 Å². The highest BCUT2D eigenvalue weighted by atomic mass is 127. The van der Waals surface area contributed by atoms with Crippen LogP contribution in [-0.2, 0) is 11.3 Å². The maximum absolute atomic E-state index is 11.7. The van der Waals surface area contributed by atoms with Crippen molar-refractivity contribution in [2.45, 2.75) is 33.2 Å². The van der Waals surface area contributed by atoms with Crippen molar-refractivity contribution in [2.24, 2.45) is 4.99 Å². The summed E-state index contributed by atoms with van der Waals surface area (Å²) in [6.07, 6.45) is 1.36. The lowest BCUT2D eigenvalue weighted by Crippen LogP contribution is -2.30. The Labute approximate surface area is 195 Å². The quantitative estimate of drug-likeness (QED) is 0.252. The molecule has 0 saturated heterocycles. The summed E-state index contributed by atoms with van der Waals surface area (Å²) in [6, 6.07) is 13.3. The van der Waals surface area contributed by atoms with E-state index in [4.69, 9.17) is 9.47 Å². The van der Waals surface area contributed by atoms with Crippen LogP contribution in [0.25, 0.3) is 0 Å². The van der Waals surface area contributed by atoms with Crippen LogP contribution in [0.2, 0.25) is 0 Å². The lowest BCUT2D eigenvalue weighted by molar-refractivity contribution is -0.116. The number of aliphatic imine (C=N–C) groups is 1. The summed E-state index contributed by atoms with van der Waals surface area (Å²) < 4.78 is 10.6. The maximum atomic E-state index is 11.7. The smallest absolute Gasteiger partial charge is 0.224 e. The second kappa shape index (κ2) is 13.7. The molecule has 7 nitrogen and oxygen atoms in total. The molecule has 164 valence electrons. The van der Waals surface area contributed by atoms with E-state index in [1.54, 1.807) is 14.2 Å². The standard InChI is InChI=1S/C22H30N4O3.HI/c1-5-7-21(27)25-17-10-8-16(9-11-17)15-24-22(23-6-2)26-18-12-13-19(28-3)20(14-18)29-4;/h8-14H,5-7,15H2,1-4H3,(H,25,27)(H2,23,24,26);1H. The molecule has 0 bridgehead atoms. The number of rotatable bonds is 9. The van der Waals surface area contributed by atoms with Crippen molar-refractivity contribution in [3.05, 3.63) is 48.0 Å². The van der Waals surface area contributed by atoms with Crippen LogP contribution in [0.1, 0.15) is 32.3 Å². The van der Waals surface area contributed by atoms with E-state index in [2.05, 4.69) is 20.9 Å². The first-order valence-corrected chi connectivity index (χ1v) is 9.75. The topological polar surface area (TPSA) is 84.0 Å². The van der Waals surface area contributed by atoms with Gasteiger partial charge in [-0.1, -0.05) is 19.1 Å². The minimum absolute atomic E-state index is 0. The summed E-state index contributed by atoms with van der Waals surface area (Å²) in [4.78, 5) is 16.3. The van der Waals surface area contributed by atoms with E-state index >= 15 is 0 Å². The Hall–Kier alpha value is -2.49. The van der Waals surface area contributed by atoms with Gasteiger partial charge in [0.1, 0.15) is 0 Å². The van der Waals surface area contributed by atoms with Crippen LogP contribution in [0, 0.1) is 0 Å². The largest absolute Gasteiger partial charge is 0.493 e. The Balaban J connectivity index is 0.00000450. The van der Waals surface area contributed by atoms with Crippen molar-refractivity contribution in [3.8, 4) is 11.5 Å². The summed E-state index contributed by atoms with van der Waals surface area (Å²) in [7, 11) is 3.21. The van der Waals surface area contributed by atoms with Crippen LogP contribution in [0.15, 0.2) is 47.5 Å². The van der Waals surface area contributed by atoms with Crippen LogP contribution >= 0.6 is 24.0 Å². The number of halogens is 1. The molecule has 0 atom stereocenters. The number of nitrogens with one attached hydrogen (secondary N) is 3. The second-order valence-electron chi connectivity index (χ2n) is 6.39. The van der Waals surface area contributed by atoms with Crippen molar-refractivity contribution in [2.75, 3.05) is 31.4 Å². The van der Waals surface area contributed by atoms with E-state index < -0.39 is 0 Å². The lowest BCUT2D eigenvalue weighted by Gasteiger charge is -2.14. The Kier molecular flexibility index (Phi) is 11.7. The predicted octanol–water partition coefficient (Wildman–Crippen LogP) is 4.64. The summed E-state index contributed by atoms with van der Waals surface area (Å²) in [5.41, 5.74) is 2.69. The molecule has 8 heteroatoms. The van der Waals surface area contributed by atoms with Gasteiger partial charge in [-0.25, -0.2) is 4.99 Å². The summed E-state index contributed by atoms with van der Waals surface area (Å²) in [6.45, 7) is 5.24. The Bertz CT molecular complexity index is 826. The molecular weight excluding hydrogens is 495 g/mol. The highest BCUT2D eigenvalue weighted by Gasteiger charge is 2.06. The van der Waals surface area contributed by atoms with E-state index in [9.17, 15) is 4.79 Å². The van der Waals surface area contributed by atoms with Crippen LogP contribution in [-0.4, -0.2) is 32.6 Å². The number of hydrogen-bond donors (Lipinski definition) is 3. The molecule has 0 aliphatic rings. The molecule has 0 radical (unpaired) electrons. The number of carbonyl (C=O) groups is 1. The van der Waals surface area contributed by atoms with E-state index in [1.807, 2.05) is 56.3 Å². The number of anilines is 2. The Morgan fingerprint density at radius 1 is 0.933 bits per heavy atom. The highest BCUT2D eigenvalue weighted by molar-refractivity contribution is 14.0. The SMILES string of the molecule is CCCC(=O)Nc1ccc(CN=C(NCC)Nc2ccc(OC)c(OC)c2)cc1.I. The number of guanidine groups is 1.